The molecule has 2 unspecified atom stereocenters. The molecule has 1 saturated carbocycles. The largest absolute Gasteiger partial charge is 0.391 e. The third kappa shape index (κ3) is 3.12. The van der Waals surface area contributed by atoms with Gasteiger partial charge in [0.1, 0.15) is 11.6 Å². The minimum Gasteiger partial charge on any atom is -0.314 e. The summed E-state index contributed by atoms with van der Waals surface area (Å²) in [5, 5.41) is 8.74. The van der Waals surface area contributed by atoms with Gasteiger partial charge in [-0.15, -0.1) is 10.2 Å². The van der Waals surface area contributed by atoms with Gasteiger partial charge in [0.2, 0.25) is 0 Å². The van der Waals surface area contributed by atoms with E-state index >= 15 is 0 Å². The normalized spacial score (nSPS) is 24.7. The highest BCUT2D eigenvalue weighted by Gasteiger charge is 2.43. The molecule has 1 aromatic rings. The van der Waals surface area contributed by atoms with Crippen LogP contribution in [0.1, 0.15) is 50.2 Å². The van der Waals surface area contributed by atoms with Gasteiger partial charge in [0.05, 0.1) is 11.2 Å². The van der Waals surface area contributed by atoms with Gasteiger partial charge in [-0.3, -0.25) is 0 Å². The van der Waals surface area contributed by atoms with Crippen molar-refractivity contribution in [2.75, 3.05) is 0 Å². The maximum absolute atomic E-state index is 12.8. The van der Waals surface area contributed by atoms with E-state index in [0.717, 1.165) is 12.2 Å². The third-order valence-corrected chi connectivity index (χ3v) is 4.30. The lowest BCUT2D eigenvalue weighted by Crippen LogP contribution is -2.29. The number of rotatable bonds is 3. The second-order valence-corrected chi connectivity index (χ2v) is 5.52. The summed E-state index contributed by atoms with van der Waals surface area (Å²) in [7, 11) is 0. The topological polar surface area (TPSA) is 30.7 Å². The Balaban J connectivity index is 2.20. The van der Waals surface area contributed by atoms with E-state index in [0.29, 0.717) is 24.1 Å². The fourth-order valence-corrected chi connectivity index (χ4v) is 3.23. The Morgan fingerprint density at radius 2 is 2.05 bits per heavy atom. The molecular formula is C12H17BrF3N3. The molecule has 2 rings (SSSR count). The monoisotopic (exact) mass is 339 g/mol. The molecular weight excluding hydrogens is 323 g/mol. The molecule has 1 heterocycles. The van der Waals surface area contributed by atoms with Crippen molar-refractivity contribution in [3.63, 3.8) is 0 Å². The Morgan fingerprint density at radius 1 is 1.32 bits per heavy atom. The molecule has 0 N–H and O–H groups in total. The summed E-state index contributed by atoms with van der Waals surface area (Å²) in [5.74, 6) is 0.179. The molecule has 0 spiro atoms. The zero-order valence-corrected chi connectivity index (χ0v) is 12.3. The minimum absolute atomic E-state index is 0.124. The molecule has 0 aromatic carbocycles. The molecule has 0 aliphatic heterocycles. The summed E-state index contributed by atoms with van der Waals surface area (Å²) in [5.41, 5.74) is 0. The van der Waals surface area contributed by atoms with E-state index in [1.54, 1.807) is 0 Å². The second-order valence-electron chi connectivity index (χ2n) is 4.95. The van der Waals surface area contributed by atoms with Crippen molar-refractivity contribution >= 4 is 15.9 Å². The molecule has 108 valence electrons. The van der Waals surface area contributed by atoms with E-state index in [9.17, 15) is 13.2 Å². The average molecular weight is 340 g/mol. The highest BCUT2D eigenvalue weighted by molar-refractivity contribution is 9.08. The number of nitrogens with zero attached hydrogens (tertiary/aromatic N) is 3. The maximum Gasteiger partial charge on any atom is 0.391 e. The number of hydrogen-bond donors (Lipinski definition) is 0. The Labute approximate surface area is 118 Å². The predicted molar refractivity (Wildman–Crippen MR) is 69.1 cm³/mol. The third-order valence-electron chi connectivity index (χ3n) is 3.79. The van der Waals surface area contributed by atoms with Crippen molar-refractivity contribution < 1.29 is 13.2 Å². The van der Waals surface area contributed by atoms with Crippen LogP contribution in [-0.2, 0) is 11.9 Å². The fourth-order valence-electron chi connectivity index (χ4n) is 2.82. The lowest BCUT2D eigenvalue weighted by atomic mass is 9.80. The SMILES string of the molecule is CCn1c(CBr)nnc1C1CCCC(C(F)(F)F)C1. The number of alkyl halides is 4. The van der Waals surface area contributed by atoms with Crippen LogP contribution in [0.5, 0.6) is 0 Å². The van der Waals surface area contributed by atoms with Gasteiger partial charge < -0.3 is 4.57 Å². The maximum atomic E-state index is 12.8. The van der Waals surface area contributed by atoms with Crippen LogP contribution in [0.4, 0.5) is 13.2 Å². The van der Waals surface area contributed by atoms with Gasteiger partial charge in [-0.2, -0.15) is 13.2 Å². The number of hydrogen-bond acceptors (Lipinski definition) is 2. The van der Waals surface area contributed by atoms with Crippen molar-refractivity contribution in [1.82, 2.24) is 14.8 Å². The molecule has 0 amide bonds. The predicted octanol–water partition coefficient (Wildman–Crippen LogP) is 4.03. The van der Waals surface area contributed by atoms with Crippen LogP contribution >= 0.6 is 15.9 Å². The fraction of sp³-hybridized carbons (Fsp3) is 0.833. The van der Waals surface area contributed by atoms with Gasteiger partial charge in [-0.1, -0.05) is 22.4 Å². The van der Waals surface area contributed by atoms with Crippen LogP contribution in [0, 0.1) is 5.92 Å². The summed E-state index contributed by atoms with van der Waals surface area (Å²) < 4.78 is 40.4. The zero-order valence-electron chi connectivity index (χ0n) is 10.8. The van der Waals surface area contributed by atoms with E-state index in [1.807, 2.05) is 11.5 Å². The number of halogens is 4. The van der Waals surface area contributed by atoms with E-state index in [4.69, 9.17) is 0 Å². The summed E-state index contributed by atoms with van der Waals surface area (Å²) in [6.45, 7) is 2.65. The van der Waals surface area contributed by atoms with E-state index < -0.39 is 12.1 Å². The Bertz CT molecular complexity index is 430. The number of aromatic nitrogens is 3. The molecule has 2 atom stereocenters. The van der Waals surface area contributed by atoms with E-state index in [-0.39, 0.29) is 18.8 Å². The van der Waals surface area contributed by atoms with Crippen molar-refractivity contribution in [2.45, 2.75) is 56.6 Å². The van der Waals surface area contributed by atoms with Crippen LogP contribution < -0.4 is 0 Å². The molecule has 1 aromatic heterocycles. The van der Waals surface area contributed by atoms with Crippen LogP contribution in [0.15, 0.2) is 0 Å². The van der Waals surface area contributed by atoms with Crippen LogP contribution in [0.3, 0.4) is 0 Å². The minimum atomic E-state index is -4.09. The summed E-state index contributed by atoms with van der Waals surface area (Å²) >= 11 is 3.33. The highest BCUT2D eigenvalue weighted by atomic mass is 79.9. The summed E-state index contributed by atoms with van der Waals surface area (Å²) in [4.78, 5) is 0. The van der Waals surface area contributed by atoms with Gasteiger partial charge in [-0.05, 0) is 26.2 Å². The molecule has 0 radical (unpaired) electrons. The Morgan fingerprint density at radius 3 is 2.63 bits per heavy atom. The van der Waals surface area contributed by atoms with Crippen LogP contribution in [0.25, 0.3) is 0 Å². The molecule has 0 bridgehead atoms. The highest BCUT2D eigenvalue weighted by Crippen LogP contribution is 2.43. The van der Waals surface area contributed by atoms with Gasteiger partial charge in [0, 0.05) is 12.5 Å². The van der Waals surface area contributed by atoms with Crippen molar-refractivity contribution in [2.24, 2.45) is 5.92 Å². The average Bonchev–Trinajstić information content (AvgIpc) is 2.80. The lowest BCUT2D eigenvalue weighted by molar-refractivity contribution is -0.183. The second kappa shape index (κ2) is 5.81. The first kappa shape index (κ1) is 14.8. The first-order valence-electron chi connectivity index (χ1n) is 6.52. The summed E-state index contributed by atoms with van der Waals surface area (Å²) in [6.07, 6.45) is -2.33. The quantitative estimate of drug-likeness (QED) is 0.778. The van der Waals surface area contributed by atoms with Crippen molar-refractivity contribution in [3.8, 4) is 0 Å². The molecule has 1 aliphatic carbocycles. The first-order chi connectivity index (χ1) is 8.97. The molecule has 1 aliphatic rings. The van der Waals surface area contributed by atoms with Crippen molar-refractivity contribution in [3.05, 3.63) is 11.6 Å². The van der Waals surface area contributed by atoms with Gasteiger partial charge in [-0.25, -0.2) is 0 Å². The van der Waals surface area contributed by atoms with Crippen LogP contribution in [-0.4, -0.2) is 20.9 Å². The molecule has 3 nitrogen and oxygen atoms in total. The summed E-state index contributed by atoms with van der Waals surface area (Å²) in [6, 6.07) is 0. The van der Waals surface area contributed by atoms with E-state index in [1.165, 1.54) is 0 Å². The molecule has 0 saturated heterocycles. The Kier molecular flexibility index (Phi) is 4.53. The first-order valence-corrected chi connectivity index (χ1v) is 7.64. The molecule has 19 heavy (non-hydrogen) atoms. The standard InChI is InChI=1S/C12H17BrF3N3/c1-2-19-10(7-13)17-18-11(19)8-4-3-5-9(6-8)12(14,15)16/h8-9H,2-7H2,1H3. The zero-order chi connectivity index (χ0) is 14.0. The van der Waals surface area contributed by atoms with Crippen LogP contribution in [0.2, 0.25) is 0 Å². The lowest BCUT2D eigenvalue weighted by Gasteiger charge is -2.30. The smallest absolute Gasteiger partial charge is 0.314 e. The van der Waals surface area contributed by atoms with Gasteiger partial charge in [0.15, 0.2) is 0 Å². The van der Waals surface area contributed by atoms with Gasteiger partial charge in [0.25, 0.3) is 0 Å². The van der Waals surface area contributed by atoms with Gasteiger partial charge >= 0.3 is 6.18 Å². The van der Waals surface area contributed by atoms with Crippen molar-refractivity contribution in [1.29, 1.82) is 0 Å². The van der Waals surface area contributed by atoms with E-state index in [2.05, 4.69) is 26.1 Å². The molecule has 7 heteroatoms. The molecule has 1 fully saturated rings. The Hall–Kier alpha value is -0.590.